The molecule has 1 aliphatic heterocycles. The molecule has 2 heterocycles. The summed E-state index contributed by atoms with van der Waals surface area (Å²) in [5.74, 6) is -0.506. The number of carbonyl (C=O) groups excluding carboxylic acids is 2. The summed E-state index contributed by atoms with van der Waals surface area (Å²) >= 11 is 0. The van der Waals surface area contributed by atoms with Crippen LogP contribution in [0.5, 0.6) is 0 Å². The van der Waals surface area contributed by atoms with E-state index in [2.05, 4.69) is 15.6 Å². The third kappa shape index (κ3) is 2.43. The lowest BCUT2D eigenvalue weighted by Gasteiger charge is -2.28. The molecule has 0 bridgehead atoms. The highest BCUT2D eigenvalue weighted by Crippen LogP contribution is 2.29. The molecule has 0 aliphatic carbocycles. The average molecular weight is 282 g/mol. The van der Waals surface area contributed by atoms with Crippen LogP contribution in [0.4, 0.5) is 17.1 Å². The maximum absolute atomic E-state index is 12.6. The molecule has 1 aliphatic rings. The first kappa shape index (κ1) is 13.1. The zero-order valence-corrected chi connectivity index (χ0v) is 11.5. The fraction of sp³-hybridized carbons (Fsp3) is 0.133. The van der Waals surface area contributed by atoms with Crippen molar-refractivity contribution < 1.29 is 9.59 Å². The molecule has 2 aromatic rings. The third-order valence-electron chi connectivity index (χ3n) is 3.29. The molecule has 1 aromatic carbocycles. The molecule has 21 heavy (non-hydrogen) atoms. The third-order valence-corrected chi connectivity index (χ3v) is 3.29. The number of aromatic nitrogens is 1. The Bertz CT molecular complexity index is 697. The van der Waals surface area contributed by atoms with E-state index in [1.165, 1.54) is 4.90 Å². The van der Waals surface area contributed by atoms with E-state index in [1.54, 1.807) is 37.5 Å². The van der Waals surface area contributed by atoms with Crippen molar-refractivity contribution in [2.45, 2.75) is 0 Å². The first-order chi connectivity index (χ1) is 10.2. The monoisotopic (exact) mass is 282 g/mol. The molecular formula is C15H14N4O2. The van der Waals surface area contributed by atoms with Crippen molar-refractivity contribution in [3.8, 4) is 0 Å². The molecule has 106 valence electrons. The second-order valence-corrected chi connectivity index (χ2v) is 4.64. The Hall–Kier alpha value is -2.89. The number of anilines is 3. The molecule has 6 heteroatoms. The van der Waals surface area contributed by atoms with Crippen LogP contribution >= 0.6 is 0 Å². The number of hydrogen-bond donors (Lipinski definition) is 2. The van der Waals surface area contributed by atoms with Gasteiger partial charge in [-0.15, -0.1) is 0 Å². The minimum absolute atomic E-state index is 0.00863. The zero-order valence-electron chi connectivity index (χ0n) is 11.5. The second kappa shape index (κ2) is 5.24. The molecule has 0 saturated heterocycles. The van der Waals surface area contributed by atoms with Gasteiger partial charge in [0, 0.05) is 7.05 Å². The largest absolute Gasteiger partial charge is 0.387 e. The highest BCUT2D eigenvalue weighted by molar-refractivity contribution is 6.14. The lowest BCUT2D eigenvalue weighted by Crippen LogP contribution is -2.42. The SMILES string of the molecule is CNc1ccc(C(=O)N2CC(=O)Nc3ccccc32)nc1. The van der Waals surface area contributed by atoms with Crippen LogP contribution in [-0.4, -0.2) is 30.4 Å². The smallest absolute Gasteiger partial charge is 0.277 e. The van der Waals surface area contributed by atoms with Crippen LogP contribution in [0.1, 0.15) is 10.5 Å². The van der Waals surface area contributed by atoms with Crippen LogP contribution in [-0.2, 0) is 4.79 Å². The molecule has 2 N–H and O–H groups in total. The van der Waals surface area contributed by atoms with Gasteiger partial charge in [-0.05, 0) is 24.3 Å². The maximum Gasteiger partial charge on any atom is 0.277 e. The van der Waals surface area contributed by atoms with Crippen molar-refractivity contribution in [2.24, 2.45) is 0 Å². The maximum atomic E-state index is 12.6. The molecule has 3 rings (SSSR count). The molecule has 0 saturated carbocycles. The van der Waals surface area contributed by atoms with Crippen molar-refractivity contribution >= 4 is 28.9 Å². The summed E-state index contributed by atoms with van der Waals surface area (Å²) in [5.41, 5.74) is 2.44. The van der Waals surface area contributed by atoms with Crippen molar-refractivity contribution in [3.05, 3.63) is 48.3 Å². The number of nitrogens with one attached hydrogen (secondary N) is 2. The molecule has 0 radical (unpaired) electrons. The van der Waals surface area contributed by atoms with Crippen molar-refractivity contribution in [1.82, 2.24) is 4.98 Å². The lowest BCUT2D eigenvalue weighted by atomic mass is 10.1. The minimum atomic E-state index is -0.292. The van der Waals surface area contributed by atoms with Crippen molar-refractivity contribution in [3.63, 3.8) is 0 Å². The number of benzene rings is 1. The van der Waals surface area contributed by atoms with Crippen LogP contribution in [0, 0.1) is 0 Å². The minimum Gasteiger partial charge on any atom is -0.387 e. The van der Waals surface area contributed by atoms with Gasteiger partial charge in [0.05, 0.1) is 23.3 Å². The normalized spacial score (nSPS) is 13.4. The van der Waals surface area contributed by atoms with Crippen LogP contribution in [0.2, 0.25) is 0 Å². The number of rotatable bonds is 2. The van der Waals surface area contributed by atoms with E-state index < -0.39 is 0 Å². The molecular weight excluding hydrogens is 268 g/mol. The molecule has 0 atom stereocenters. The summed E-state index contributed by atoms with van der Waals surface area (Å²) < 4.78 is 0. The van der Waals surface area contributed by atoms with Gasteiger partial charge in [0.15, 0.2) is 0 Å². The Kier molecular flexibility index (Phi) is 3.27. The summed E-state index contributed by atoms with van der Waals surface area (Å²) in [6, 6.07) is 10.6. The Morgan fingerprint density at radius 3 is 2.81 bits per heavy atom. The van der Waals surface area contributed by atoms with Gasteiger partial charge in [-0.1, -0.05) is 12.1 Å². The Morgan fingerprint density at radius 1 is 1.29 bits per heavy atom. The van der Waals surface area contributed by atoms with E-state index in [4.69, 9.17) is 0 Å². The Labute approximate surface area is 121 Å². The molecule has 2 amide bonds. The summed E-state index contributed by atoms with van der Waals surface area (Å²) in [6.45, 7) is -0.00863. The molecule has 0 spiro atoms. The van der Waals surface area contributed by atoms with E-state index in [0.717, 1.165) is 5.69 Å². The Balaban J connectivity index is 1.95. The quantitative estimate of drug-likeness (QED) is 0.879. The van der Waals surface area contributed by atoms with Gasteiger partial charge >= 0.3 is 0 Å². The zero-order chi connectivity index (χ0) is 14.8. The number of nitrogens with zero attached hydrogens (tertiary/aromatic N) is 2. The first-order valence-corrected chi connectivity index (χ1v) is 6.53. The summed E-state index contributed by atoms with van der Waals surface area (Å²) in [5, 5.41) is 5.70. The van der Waals surface area contributed by atoms with Gasteiger partial charge in [0.25, 0.3) is 5.91 Å². The fourth-order valence-corrected chi connectivity index (χ4v) is 2.22. The molecule has 0 fully saturated rings. The lowest BCUT2D eigenvalue weighted by molar-refractivity contribution is -0.115. The van der Waals surface area contributed by atoms with Crippen LogP contribution in [0.3, 0.4) is 0 Å². The van der Waals surface area contributed by atoms with Gasteiger partial charge in [0.1, 0.15) is 12.2 Å². The van der Waals surface area contributed by atoms with Crippen LogP contribution < -0.4 is 15.5 Å². The van der Waals surface area contributed by atoms with Crippen molar-refractivity contribution in [1.29, 1.82) is 0 Å². The predicted octanol–water partition coefficient (Wildman–Crippen LogP) is 1.72. The first-order valence-electron chi connectivity index (χ1n) is 6.53. The molecule has 0 unspecified atom stereocenters. The van der Waals surface area contributed by atoms with Crippen LogP contribution in [0.25, 0.3) is 0 Å². The van der Waals surface area contributed by atoms with E-state index >= 15 is 0 Å². The number of para-hydroxylation sites is 2. The van der Waals surface area contributed by atoms with Gasteiger partial charge in [-0.25, -0.2) is 4.98 Å². The van der Waals surface area contributed by atoms with Crippen molar-refractivity contribution in [2.75, 3.05) is 29.1 Å². The van der Waals surface area contributed by atoms with Crippen LogP contribution in [0.15, 0.2) is 42.6 Å². The summed E-state index contributed by atoms with van der Waals surface area (Å²) in [7, 11) is 1.78. The topological polar surface area (TPSA) is 74.3 Å². The van der Waals surface area contributed by atoms with Gasteiger partial charge in [0.2, 0.25) is 5.91 Å². The van der Waals surface area contributed by atoms with E-state index in [0.29, 0.717) is 17.1 Å². The predicted molar refractivity (Wildman–Crippen MR) is 80.5 cm³/mol. The summed E-state index contributed by atoms with van der Waals surface area (Å²) in [6.07, 6.45) is 1.59. The molecule has 1 aromatic heterocycles. The number of amides is 2. The summed E-state index contributed by atoms with van der Waals surface area (Å²) in [4.78, 5) is 29.9. The van der Waals surface area contributed by atoms with Gasteiger partial charge < -0.3 is 10.6 Å². The van der Waals surface area contributed by atoms with Gasteiger partial charge in [-0.2, -0.15) is 0 Å². The van der Waals surface area contributed by atoms with Gasteiger partial charge in [-0.3, -0.25) is 14.5 Å². The van der Waals surface area contributed by atoms with E-state index in [1.807, 2.05) is 12.1 Å². The van der Waals surface area contributed by atoms with E-state index in [9.17, 15) is 9.59 Å². The fourth-order valence-electron chi connectivity index (χ4n) is 2.22. The number of hydrogen-bond acceptors (Lipinski definition) is 4. The van der Waals surface area contributed by atoms with E-state index in [-0.39, 0.29) is 18.4 Å². The number of pyridine rings is 1. The number of carbonyl (C=O) groups is 2. The number of fused-ring (bicyclic) bond motifs is 1. The highest BCUT2D eigenvalue weighted by Gasteiger charge is 2.27. The highest BCUT2D eigenvalue weighted by atomic mass is 16.2. The second-order valence-electron chi connectivity index (χ2n) is 4.64. The Morgan fingerprint density at radius 2 is 2.10 bits per heavy atom. The standard InChI is InChI=1S/C15H14N4O2/c1-16-10-6-7-12(17-8-10)15(21)19-9-14(20)18-11-4-2-3-5-13(11)19/h2-8,16H,9H2,1H3,(H,18,20). The average Bonchev–Trinajstić information content (AvgIpc) is 2.53. The molecule has 6 nitrogen and oxygen atoms in total.